The summed E-state index contributed by atoms with van der Waals surface area (Å²) in [5.74, 6) is 1.41. The first kappa shape index (κ1) is 19.4. The van der Waals surface area contributed by atoms with E-state index in [4.69, 9.17) is 16.3 Å². The Kier molecular flexibility index (Phi) is 6.48. The van der Waals surface area contributed by atoms with Crippen molar-refractivity contribution in [1.29, 1.82) is 0 Å². The highest BCUT2D eigenvalue weighted by Gasteiger charge is 2.16. The molecule has 0 fully saturated rings. The molecule has 0 aliphatic carbocycles. The summed E-state index contributed by atoms with van der Waals surface area (Å²) in [6.07, 6.45) is 1.72. The van der Waals surface area contributed by atoms with Gasteiger partial charge in [0, 0.05) is 23.3 Å². The molecular weight excluding hydrogens is 428 g/mol. The second-order valence-corrected chi connectivity index (χ2v) is 7.24. The molecule has 0 saturated carbocycles. The normalized spacial score (nSPS) is 10.5. The van der Waals surface area contributed by atoms with Gasteiger partial charge in [-0.15, -0.1) is 0 Å². The van der Waals surface area contributed by atoms with Crippen LogP contribution in [-0.4, -0.2) is 24.4 Å². The molecule has 0 radical (unpaired) electrons. The molecule has 3 aromatic rings. The molecule has 0 unspecified atom stereocenters. The topological polar surface area (TPSA) is 42.4 Å². The van der Waals surface area contributed by atoms with E-state index in [2.05, 4.69) is 20.9 Å². The molecule has 0 bridgehead atoms. The third-order valence-corrected chi connectivity index (χ3v) is 4.90. The lowest BCUT2D eigenvalue weighted by molar-refractivity contribution is 0.0998. The number of nitrogens with zero attached hydrogens (tertiary/aromatic N) is 2. The largest absolute Gasteiger partial charge is 0.496 e. The number of rotatable bonds is 7. The smallest absolute Gasteiger partial charge is 0.182 e. The van der Waals surface area contributed by atoms with Crippen molar-refractivity contribution in [3.8, 4) is 5.75 Å². The van der Waals surface area contributed by atoms with E-state index in [1.54, 1.807) is 31.5 Å². The van der Waals surface area contributed by atoms with Crippen LogP contribution in [0.5, 0.6) is 5.75 Å². The lowest BCUT2D eigenvalue weighted by Crippen LogP contribution is -2.30. The molecule has 138 valence electrons. The number of benzene rings is 2. The molecule has 0 N–H and O–H groups in total. The van der Waals surface area contributed by atoms with Gasteiger partial charge in [0.05, 0.1) is 18.1 Å². The van der Waals surface area contributed by atoms with E-state index >= 15 is 0 Å². The molecule has 0 spiro atoms. The Morgan fingerprint density at radius 2 is 2.00 bits per heavy atom. The van der Waals surface area contributed by atoms with Crippen molar-refractivity contribution in [3.63, 3.8) is 0 Å². The number of halogens is 2. The van der Waals surface area contributed by atoms with E-state index < -0.39 is 0 Å². The molecule has 4 nitrogen and oxygen atoms in total. The van der Waals surface area contributed by atoms with Gasteiger partial charge in [0.25, 0.3) is 0 Å². The molecule has 2 aromatic carbocycles. The maximum absolute atomic E-state index is 12.9. The fraction of sp³-hybridized carbons (Fsp3) is 0.143. The van der Waals surface area contributed by atoms with Crippen molar-refractivity contribution in [2.24, 2.45) is 0 Å². The van der Waals surface area contributed by atoms with E-state index in [0.717, 1.165) is 15.9 Å². The molecule has 0 atom stereocenters. The Hall–Kier alpha value is -2.37. The number of carbonyl (C=O) groups excluding carboxylic acids is 1. The number of Topliss-reactive ketones (excluding diaryl/α,β-unsaturated/α-hetero) is 1. The first-order valence-corrected chi connectivity index (χ1v) is 9.51. The quantitative estimate of drug-likeness (QED) is 0.457. The van der Waals surface area contributed by atoms with Gasteiger partial charge in [-0.2, -0.15) is 0 Å². The van der Waals surface area contributed by atoms with Crippen LogP contribution in [0, 0.1) is 0 Å². The second-order valence-electron chi connectivity index (χ2n) is 5.95. The van der Waals surface area contributed by atoms with E-state index in [0.29, 0.717) is 22.9 Å². The Labute approximate surface area is 171 Å². The van der Waals surface area contributed by atoms with Crippen LogP contribution in [0.15, 0.2) is 71.3 Å². The number of pyridine rings is 1. The highest BCUT2D eigenvalue weighted by molar-refractivity contribution is 9.10. The highest BCUT2D eigenvalue weighted by Crippen LogP contribution is 2.26. The minimum absolute atomic E-state index is 0.00830. The lowest BCUT2D eigenvalue weighted by Gasteiger charge is -2.23. The van der Waals surface area contributed by atoms with Crippen LogP contribution in [0.1, 0.15) is 15.9 Å². The molecule has 3 rings (SSSR count). The van der Waals surface area contributed by atoms with Crippen LogP contribution in [-0.2, 0) is 6.54 Å². The molecule has 0 aliphatic rings. The molecule has 0 aliphatic heterocycles. The van der Waals surface area contributed by atoms with Crippen LogP contribution in [0.3, 0.4) is 0 Å². The number of carbonyl (C=O) groups is 1. The third-order valence-electron chi connectivity index (χ3n) is 4.04. The summed E-state index contributed by atoms with van der Waals surface area (Å²) in [5, 5.41) is 0.666. The van der Waals surface area contributed by atoms with Gasteiger partial charge < -0.3 is 9.64 Å². The van der Waals surface area contributed by atoms with Gasteiger partial charge in [-0.25, -0.2) is 4.98 Å². The Bertz CT molecular complexity index is 934. The molecule has 1 heterocycles. The average molecular weight is 446 g/mol. The van der Waals surface area contributed by atoms with Crippen LogP contribution >= 0.6 is 27.5 Å². The van der Waals surface area contributed by atoms with Crippen molar-refractivity contribution >= 4 is 39.1 Å². The number of ether oxygens (including phenoxy) is 1. The standard InChI is InChI=1S/C21H18BrClN2O2/c1-27-20-9-8-16(12-18(20)22)19(26)14-25(21-7-2-3-10-24-21)13-15-5-4-6-17(23)11-15/h2-12H,13-14H2,1H3. The minimum Gasteiger partial charge on any atom is -0.496 e. The summed E-state index contributed by atoms with van der Waals surface area (Å²) in [4.78, 5) is 19.2. The van der Waals surface area contributed by atoms with Crippen molar-refractivity contribution in [1.82, 2.24) is 4.98 Å². The predicted octanol–water partition coefficient (Wildman–Crippen LogP) is 5.40. The van der Waals surface area contributed by atoms with E-state index in [1.165, 1.54) is 0 Å². The van der Waals surface area contributed by atoms with Gasteiger partial charge >= 0.3 is 0 Å². The van der Waals surface area contributed by atoms with Gasteiger partial charge in [0.1, 0.15) is 11.6 Å². The van der Waals surface area contributed by atoms with Gasteiger partial charge in [-0.3, -0.25) is 4.79 Å². The SMILES string of the molecule is COc1ccc(C(=O)CN(Cc2cccc(Cl)c2)c2ccccn2)cc1Br. The first-order valence-electron chi connectivity index (χ1n) is 8.34. The third kappa shape index (κ3) is 5.08. The van der Waals surface area contributed by atoms with Gasteiger partial charge in [0.2, 0.25) is 0 Å². The van der Waals surface area contributed by atoms with Crippen LogP contribution in [0.4, 0.5) is 5.82 Å². The summed E-state index contributed by atoms with van der Waals surface area (Å²) in [7, 11) is 1.59. The zero-order valence-electron chi connectivity index (χ0n) is 14.7. The van der Waals surface area contributed by atoms with Gasteiger partial charge in [-0.05, 0) is 64.0 Å². The number of hydrogen-bond acceptors (Lipinski definition) is 4. The molecule has 0 saturated heterocycles. The van der Waals surface area contributed by atoms with Crippen molar-refractivity contribution in [2.45, 2.75) is 6.54 Å². The van der Waals surface area contributed by atoms with E-state index in [-0.39, 0.29) is 12.3 Å². The van der Waals surface area contributed by atoms with Crippen molar-refractivity contribution in [3.05, 3.63) is 87.5 Å². The summed E-state index contributed by atoms with van der Waals surface area (Å²) in [6.45, 7) is 0.725. The maximum Gasteiger partial charge on any atom is 0.182 e. The number of methoxy groups -OCH3 is 1. The summed E-state index contributed by atoms with van der Waals surface area (Å²) in [5.41, 5.74) is 1.62. The van der Waals surface area contributed by atoms with Gasteiger partial charge in [-0.1, -0.05) is 29.8 Å². The summed E-state index contributed by atoms with van der Waals surface area (Å²) >= 11 is 9.53. The molecule has 27 heavy (non-hydrogen) atoms. The highest BCUT2D eigenvalue weighted by atomic mass is 79.9. The van der Waals surface area contributed by atoms with Crippen LogP contribution in [0.2, 0.25) is 5.02 Å². The van der Waals surface area contributed by atoms with E-state index in [9.17, 15) is 4.79 Å². The zero-order valence-corrected chi connectivity index (χ0v) is 17.1. The van der Waals surface area contributed by atoms with Crippen LogP contribution < -0.4 is 9.64 Å². The monoisotopic (exact) mass is 444 g/mol. The number of anilines is 1. The summed E-state index contributed by atoms with van der Waals surface area (Å²) < 4.78 is 5.97. The van der Waals surface area contributed by atoms with Crippen molar-refractivity contribution < 1.29 is 9.53 Å². The molecule has 1 aromatic heterocycles. The molecule has 6 heteroatoms. The fourth-order valence-corrected chi connectivity index (χ4v) is 3.47. The number of ketones is 1. The predicted molar refractivity (Wildman–Crippen MR) is 112 cm³/mol. The molecular formula is C21H18BrClN2O2. The number of hydrogen-bond donors (Lipinski definition) is 0. The Balaban J connectivity index is 1.84. The fourth-order valence-electron chi connectivity index (χ4n) is 2.72. The van der Waals surface area contributed by atoms with E-state index in [1.807, 2.05) is 47.4 Å². The van der Waals surface area contributed by atoms with Crippen molar-refractivity contribution in [2.75, 3.05) is 18.6 Å². The second kappa shape index (κ2) is 9.02. The first-order chi connectivity index (χ1) is 13.1. The summed E-state index contributed by atoms with van der Waals surface area (Å²) in [6, 6.07) is 18.6. The average Bonchev–Trinajstić information content (AvgIpc) is 2.68. The molecule has 0 amide bonds. The van der Waals surface area contributed by atoms with Crippen LogP contribution in [0.25, 0.3) is 0 Å². The zero-order chi connectivity index (χ0) is 19.2. The minimum atomic E-state index is -0.00830. The van der Waals surface area contributed by atoms with Gasteiger partial charge in [0.15, 0.2) is 5.78 Å². The maximum atomic E-state index is 12.9. The number of aromatic nitrogens is 1. The Morgan fingerprint density at radius 1 is 1.15 bits per heavy atom. The lowest BCUT2D eigenvalue weighted by atomic mass is 10.1. The Morgan fingerprint density at radius 3 is 2.67 bits per heavy atom.